The molecule has 0 saturated carbocycles. The maximum Gasteiger partial charge on any atom is 0.243 e. The first-order chi connectivity index (χ1) is 8.50. The van der Waals surface area contributed by atoms with E-state index in [-0.39, 0.29) is 12.5 Å². The van der Waals surface area contributed by atoms with Gasteiger partial charge in [0.15, 0.2) is 0 Å². The van der Waals surface area contributed by atoms with E-state index in [4.69, 9.17) is 5.53 Å². The van der Waals surface area contributed by atoms with E-state index in [2.05, 4.69) is 10.0 Å². The quantitative estimate of drug-likeness (QED) is 0.453. The number of amides is 2. The zero-order valence-electron chi connectivity index (χ0n) is 10.1. The molecule has 0 spiro atoms. The smallest absolute Gasteiger partial charge is 0.243 e. The van der Waals surface area contributed by atoms with Crippen molar-refractivity contribution in [2.45, 2.75) is 19.3 Å². The predicted molar refractivity (Wildman–Crippen MR) is 66.0 cm³/mol. The minimum Gasteiger partial charge on any atom is -0.274 e. The summed E-state index contributed by atoms with van der Waals surface area (Å²) in [4.78, 5) is 27.8. The number of benzene rings is 1. The SMILES string of the molecule is CC1(C)C(=O)N(C(=O)CN=[N+]=[N-])c2ccccc21. The van der Waals surface area contributed by atoms with Crippen LogP contribution in [-0.4, -0.2) is 18.4 Å². The molecule has 18 heavy (non-hydrogen) atoms. The fourth-order valence-corrected chi connectivity index (χ4v) is 2.11. The van der Waals surface area contributed by atoms with Crippen LogP contribution >= 0.6 is 0 Å². The first kappa shape index (κ1) is 12.1. The molecule has 0 aromatic heterocycles. The molecule has 1 aromatic rings. The van der Waals surface area contributed by atoms with E-state index in [1.54, 1.807) is 26.0 Å². The zero-order valence-corrected chi connectivity index (χ0v) is 10.1. The fraction of sp³-hybridized carbons (Fsp3) is 0.333. The van der Waals surface area contributed by atoms with Gasteiger partial charge in [0.1, 0.15) is 6.54 Å². The van der Waals surface area contributed by atoms with Crippen molar-refractivity contribution in [3.8, 4) is 0 Å². The molecule has 0 N–H and O–H groups in total. The van der Waals surface area contributed by atoms with E-state index in [1.165, 1.54) is 0 Å². The van der Waals surface area contributed by atoms with Gasteiger partial charge in [-0.1, -0.05) is 23.3 Å². The van der Waals surface area contributed by atoms with Crippen LogP contribution in [0.4, 0.5) is 5.69 Å². The zero-order chi connectivity index (χ0) is 13.3. The molecule has 2 amide bonds. The molecule has 0 radical (unpaired) electrons. The van der Waals surface area contributed by atoms with Crippen LogP contribution in [0.5, 0.6) is 0 Å². The Hall–Kier alpha value is -2.33. The number of carbonyl (C=O) groups is 2. The first-order valence-electron chi connectivity index (χ1n) is 5.48. The summed E-state index contributed by atoms with van der Waals surface area (Å²) in [7, 11) is 0. The monoisotopic (exact) mass is 244 g/mol. The highest BCUT2D eigenvalue weighted by atomic mass is 16.2. The van der Waals surface area contributed by atoms with Crippen LogP contribution < -0.4 is 4.90 Å². The highest BCUT2D eigenvalue weighted by Gasteiger charge is 2.45. The third kappa shape index (κ3) is 1.63. The van der Waals surface area contributed by atoms with Gasteiger partial charge in [-0.15, -0.1) is 0 Å². The molecule has 1 heterocycles. The number of nitrogens with zero attached hydrogens (tertiary/aromatic N) is 4. The van der Waals surface area contributed by atoms with Crippen molar-refractivity contribution in [2.75, 3.05) is 11.4 Å². The molecule has 6 heteroatoms. The van der Waals surface area contributed by atoms with Gasteiger partial charge in [-0.25, -0.2) is 4.90 Å². The second-order valence-corrected chi connectivity index (χ2v) is 4.57. The summed E-state index contributed by atoms with van der Waals surface area (Å²) in [6.07, 6.45) is 0. The number of imide groups is 1. The minimum absolute atomic E-state index is 0.290. The minimum atomic E-state index is -0.734. The molecule has 0 saturated heterocycles. The normalized spacial score (nSPS) is 16.1. The Morgan fingerprint density at radius 2 is 2.11 bits per heavy atom. The van der Waals surface area contributed by atoms with E-state index in [0.29, 0.717) is 5.69 Å². The largest absolute Gasteiger partial charge is 0.274 e. The predicted octanol–water partition coefficient (Wildman–Crippen LogP) is 2.15. The number of fused-ring (bicyclic) bond motifs is 1. The second kappa shape index (κ2) is 4.16. The Kier molecular flexibility index (Phi) is 2.80. The Bertz CT molecular complexity index is 573. The lowest BCUT2D eigenvalue weighted by atomic mass is 9.86. The lowest BCUT2D eigenvalue weighted by Gasteiger charge is -2.18. The number of para-hydroxylation sites is 1. The van der Waals surface area contributed by atoms with Gasteiger partial charge < -0.3 is 0 Å². The Morgan fingerprint density at radius 1 is 1.44 bits per heavy atom. The molecule has 6 nitrogen and oxygen atoms in total. The van der Waals surface area contributed by atoms with E-state index in [0.717, 1.165) is 10.5 Å². The average Bonchev–Trinajstić information content (AvgIpc) is 2.56. The maximum absolute atomic E-state index is 12.3. The molecule has 92 valence electrons. The third-order valence-corrected chi connectivity index (χ3v) is 3.07. The van der Waals surface area contributed by atoms with Crippen molar-refractivity contribution in [1.29, 1.82) is 0 Å². The number of anilines is 1. The maximum atomic E-state index is 12.3. The average molecular weight is 244 g/mol. The van der Waals surface area contributed by atoms with Crippen molar-refractivity contribution < 1.29 is 9.59 Å². The summed E-state index contributed by atoms with van der Waals surface area (Å²) in [6.45, 7) is 3.19. The van der Waals surface area contributed by atoms with Crippen molar-refractivity contribution in [3.63, 3.8) is 0 Å². The van der Waals surface area contributed by atoms with Gasteiger partial charge in [0, 0.05) is 4.91 Å². The molecule has 2 rings (SSSR count). The van der Waals surface area contributed by atoms with Gasteiger partial charge in [-0.2, -0.15) is 0 Å². The van der Waals surface area contributed by atoms with Crippen molar-refractivity contribution in [1.82, 2.24) is 0 Å². The molecule has 0 unspecified atom stereocenters. The standard InChI is InChI=1S/C12H12N4O2/c1-12(2)8-5-3-4-6-9(8)16(11(12)18)10(17)7-14-15-13/h3-6H,7H2,1-2H3. The fourth-order valence-electron chi connectivity index (χ4n) is 2.11. The van der Waals surface area contributed by atoms with Crippen molar-refractivity contribution >= 4 is 17.5 Å². The summed E-state index contributed by atoms with van der Waals surface area (Å²) < 4.78 is 0. The number of azide groups is 1. The van der Waals surface area contributed by atoms with Gasteiger partial charge in [0.2, 0.25) is 11.8 Å². The van der Waals surface area contributed by atoms with Crippen LogP contribution in [0.3, 0.4) is 0 Å². The van der Waals surface area contributed by atoms with Crippen LogP contribution in [-0.2, 0) is 15.0 Å². The molecule has 0 atom stereocenters. The van der Waals surface area contributed by atoms with Crippen LogP contribution in [0, 0.1) is 0 Å². The van der Waals surface area contributed by atoms with Gasteiger partial charge in [-0.3, -0.25) is 9.59 Å². The molecular formula is C12H12N4O2. The highest BCUT2D eigenvalue weighted by molar-refractivity contribution is 6.23. The summed E-state index contributed by atoms with van der Waals surface area (Å²) >= 11 is 0. The Balaban J connectivity index is 2.48. The van der Waals surface area contributed by atoms with Gasteiger partial charge in [0.25, 0.3) is 0 Å². The molecular weight excluding hydrogens is 232 g/mol. The summed E-state index contributed by atoms with van der Waals surface area (Å²) in [6, 6.07) is 7.14. The molecule has 1 aliphatic heterocycles. The van der Waals surface area contributed by atoms with Crippen LogP contribution in [0.1, 0.15) is 19.4 Å². The van der Waals surface area contributed by atoms with Crippen LogP contribution in [0.2, 0.25) is 0 Å². The van der Waals surface area contributed by atoms with Gasteiger partial charge in [0.05, 0.1) is 11.1 Å². The number of carbonyl (C=O) groups excluding carboxylic acids is 2. The lowest BCUT2D eigenvalue weighted by molar-refractivity contribution is -0.127. The van der Waals surface area contributed by atoms with E-state index < -0.39 is 11.3 Å². The summed E-state index contributed by atoms with van der Waals surface area (Å²) in [5.74, 6) is -0.794. The van der Waals surface area contributed by atoms with Crippen molar-refractivity contribution in [2.24, 2.45) is 5.11 Å². The summed E-state index contributed by atoms with van der Waals surface area (Å²) in [5, 5.41) is 3.21. The lowest BCUT2D eigenvalue weighted by Crippen LogP contribution is -2.41. The molecule has 0 aliphatic carbocycles. The van der Waals surface area contributed by atoms with Crippen LogP contribution in [0.25, 0.3) is 10.4 Å². The van der Waals surface area contributed by atoms with E-state index in [9.17, 15) is 9.59 Å². The highest BCUT2D eigenvalue weighted by Crippen LogP contribution is 2.41. The topological polar surface area (TPSA) is 86.1 Å². The number of hydrogen-bond donors (Lipinski definition) is 0. The van der Waals surface area contributed by atoms with Gasteiger partial charge in [-0.05, 0) is 31.0 Å². The molecule has 1 aliphatic rings. The van der Waals surface area contributed by atoms with Crippen molar-refractivity contribution in [3.05, 3.63) is 40.3 Å². The molecule has 1 aromatic carbocycles. The van der Waals surface area contributed by atoms with Gasteiger partial charge >= 0.3 is 0 Å². The van der Waals surface area contributed by atoms with E-state index >= 15 is 0 Å². The van der Waals surface area contributed by atoms with E-state index in [1.807, 2.05) is 12.1 Å². The molecule has 0 fully saturated rings. The third-order valence-electron chi connectivity index (χ3n) is 3.07. The second-order valence-electron chi connectivity index (χ2n) is 4.57. The first-order valence-corrected chi connectivity index (χ1v) is 5.48. The molecule has 0 bridgehead atoms. The number of rotatable bonds is 2. The Labute approximate surface area is 104 Å². The Morgan fingerprint density at radius 3 is 2.78 bits per heavy atom. The number of hydrogen-bond acceptors (Lipinski definition) is 3. The summed E-state index contributed by atoms with van der Waals surface area (Å²) in [5.41, 5.74) is 8.88. The van der Waals surface area contributed by atoms with Crippen LogP contribution in [0.15, 0.2) is 29.4 Å².